The van der Waals surface area contributed by atoms with E-state index < -0.39 is 46.2 Å². The van der Waals surface area contributed by atoms with Crippen molar-refractivity contribution in [1.29, 1.82) is 0 Å². The zero-order chi connectivity index (χ0) is 20.0. The maximum atomic E-state index is 12.4. The van der Waals surface area contributed by atoms with Crippen LogP contribution < -0.4 is 0 Å². The number of methoxy groups -OCH3 is 5. The van der Waals surface area contributed by atoms with E-state index in [0.717, 1.165) is 28.4 Å². The van der Waals surface area contributed by atoms with E-state index in [1.165, 1.54) is 7.11 Å². The Labute approximate surface area is 165 Å². The second-order valence-electron chi connectivity index (χ2n) is 4.45. The summed E-state index contributed by atoms with van der Waals surface area (Å²) < 4.78 is 28.9. The van der Waals surface area contributed by atoms with Gasteiger partial charge in [-0.05, 0) is 0 Å². The third-order valence-corrected chi connectivity index (χ3v) is 4.14. The summed E-state index contributed by atoms with van der Waals surface area (Å²) in [5, 5.41) is 0. The van der Waals surface area contributed by atoms with Gasteiger partial charge in [-0.25, -0.2) is 0 Å². The summed E-state index contributed by atoms with van der Waals surface area (Å²) in [5.74, 6) is -4.41. The van der Waals surface area contributed by atoms with Crippen molar-refractivity contribution in [1.82, 2.24) is 0 Å². The first-order valence-electron chi connectivity index (χ1n) is 6.82. The molecule has 0 atom stereocenters. The Morgan fingerprint density at radius 1 is 0.577 bits per heavy atom. The van der Waals surface area contributed by atoms with Gasteiger partial charge in [0.1, 0.15) is 0 Å². The van der Waals surface area contributed by atoms with Crippen molar-refractivity contribution < 1.29 is 45.5 Å². The molecule has 0 amide bonds. The van der Waals surface area contributed by atoms with Crippen LogP contribution in [0.3, 0.4) is 0 Å². The van der Waals surface area contributed by atoms with Gasteiger partial charge in [-0.15, -0.1) is 0 Å². The molecule has 0 aliphatic heterocycles. The molecule has 11 heteroatoms. The van der Waals surface area contributed by atoms with Gasteiger partial charge in [0.15, 0.2) is 0 Å². The van der Waals surface area contributed by atoms with Crippen molar-refractivity contribution >= 4 is 50.1 Å². The van der Waals surface area contributed by atoms with Crippen molar-refractivity contribution in [3.05, 3.63) is 33.8 Å². The number of hydrogen-bond donors (Lipinski definition) is 0. The van der Waals surface area contributed by atoms with E-state index >= 15 is 0 Å². The maximum absolute atomic E-state index is 12.4. The molecule has 0 bridgehead atoms. The Hall–Kier alpha value is -2.38. The Kier molecular flexibility index (Phi) is 7.80. The van der Waals surface area contributed by atoms with E-state index in [-0.39, 0.29) is 37.7 Å². The molecule has 138 valence electrons. The second-order valence-corrected chi connectivity index (χ2v) is 5.37. The Morgan fingerprint density at radius 2 is 0.885 bits per heavy atom. The van der Waals surface area contributed by atoms with Gasteiger partial charge >= 0.3 is 165 Å². The Bertz CT molecular complexity index is 684. The van der Waals surface area contributed by atoms with Crippen molar-refractivity contribution in [3.63, 3.8) is 0 Å². The first-order valence-corrected chi connectivity index (χ1v) is 8.65. The van der Waals surface area contributed by atoms with Crippen molar-refractivity contribution in [2.24, 2.45) is 0 Å². The molecule has 0 fully saturated rings. The molecule has 1 aliphatic rings. The van der Waals surface area contributed by atoms with Gasteiger partial charge in [-0.1, -0.05) is 0 Å². The van der Waals surface area contributed by atoms with E-state index in [1.807, 2.05) is 0 Å². The van der Waals surface area contributed by atoms with Gasteiger partial charge in [-0.3, -0.25) is 0 Å². The summed E-state index contributed by atoms with van der Waals surface area (Å²) >= 11 is -0.107. The standard InChI is InChI=1S/C15H16O10.Tl/c1-21-11(16)6-7(12(17)22-2)9(14(19)24-4)10(15(20)25-5)8(6)13(18)23-3;/h16H,1-5H3;/q;+1/p-1. The average Bonchev–Trinajstić information content (AvgIpc) is 3.02. The van der Waals surface area contributed by atoms with Crippen molar-refractivity contribution in [2.45, 2.75) is 0 Å². The molecule has 1 rings (SSSR count). The second kappa shape index (κ2) is 9.36. The minimum absolute atomic E-state index is 0.107. The molecule has 0 spiro atoms. The molecule has 0 radical (unpaired) electrons. The molecule has 0 N–H and O–H groups in total. The summed E-state index contributed by atoms with van der Waals surface area (Å²) in [5.41, 5.74) is -2.15. The number of carbonyl (C=O) groups is 4. The molecule has 1 aliphatic carbocycles. The summed E-state index contributed by atoms with van der Waals surface area (Å²) in [6.07, 6.45) is 0. The topological polar surface area (TPSA) is 124 Å². The molecule has 0 unspecified atom stereocenters. The van der Waals surface area contributed by atoms with E-state index in [1.54, 1.807) is 0 Å². The van der Waals surface area contributed by atoms with Gasteiger partial charge in [0.2, 0.25) is 0 Å². The van der Waals surface area contributed by atoms with E-state index in [9.17, 15) is 19.2 Å². The molecule has 0 saturated heterocycles. The third-order valence-electron chi connectivity index (χ3n) is 3.30. The fourth-order valence-corrected chi connectivity index (χ4v) is 3.10. The number of hydrogen-bond acceptors (Lipinski definition) is 10. The molecule has 0 aromatic heterocycles. The van der Waals surface area contributed by atoms with Crippen LogP contribution in [0.25, 0.3) is 0 Å². The first kappa shape index (κ1) is 21.7. The monoisotopic (exact) mass is 560 g/mol. The number of ether oxygens (including phenoxy) is 5. The van der Waals surface area contributed by atoms with E-state index in [0.29, 0.717) is 0 Å². The van der Waals surface area contributed by atoms with Gasteiger partial charge < -0.3 is 0 Å². The molecule has 0 aromatic rings. The summed E-state index contributed by atoms with van der Waals surface area (Å²) in [7, 11) is 5.43. The van der Waals surface area contributed by atoms with Crippen LogP contribution in [0.2, 0.25) is 0 Å². The molecule has 10 nitrogen and oxygen atoms in total. The van der Waals surface area contributed by atoms with Crippen LogP contribution >= 0.6 is 0 Å². The molecular formula is C15H15O10Tl. The number of carbonyl (C=O) groups excluding carboxylic acids is 4. The van der Waals surface area contributed by atoms with Crippen LogP contribution in [0.15, 0.2) is 33.8 Å². The SMILES string of the molecule is COC(=O)C1=C(C(=O)OC)C(C(=O)OC)=C(C(=O)OC)C1=C(OC)[O][Tl]. The van der Waals surface area contributed by atoms with Crippen molar-refractivity contribution in [2.75, 3.05) is 35.5 Å². The van der Waals surface area contributed by atoms with Gasteiger partial charge in [0, 0.05) is 0 Å². The van der Waals surface area contributed by atoms with Gasteiger partial charge in [-0.2, -0.15) is 0 Å². The van der Waals surface area contributed by atoms with E-state index in [4.69, 9.17) is 7.42 Å². The summed E-state index contributed by atoms with van der Waals surface area (Å²) in [6, 6.07) is 0. The predicted octanol–water partition coefficient (Wildman–Crippen LogP) is -0.757. The first-order chi connectivity index (χ1) is 12.3. The molecular weight excluding hydrogens is 545 g/mol. The van der Waals surface area contributed by atoms with Gasteiger partial charge in [0.25, 0.3) is 0 Å². The predicted molar refractivity (Wildman–Crippen MR) is 83.0 cm³/mol. The molecule has 0 saturated carbocycles. The summed E-state index contributed by atoms with van der Waals surface area (Å²) in [6.45, 7) is 0. The average molecular weight is 560 g/mol. The zero-order valence-corrected chi connectivity index (χ0v) is 19.1. The fourth-order valence-electron chi connectivity index (χ4n) is 2.26. The van der Waals surface area contributed by atoms with Crippen LogP contribution in [0, 0.1) is 0 Å². The molecule has 26 heavy (non-hydrogen) atoms. The van der Waals surface area contributed by atoms with Crippen LogP contribution in [0.1, 0.15) is 0 Å². The summed E-state index contributed by atoms with van der Waals surface area (Å²) in [4.78, 5) is 49.3. The Balaban J connectivity index is 4.12. The van der Waals surface area contributed by atoms with Crippen LogP contribution in [-0.4, -0.2) is 85.6 Å². The quantitative estimate of drug-likeness (QED) is 0.178. The molecule has 0 aromatic carbocycles. The minimum atomic E-state index is -1.06. The third kappa shape index (κ3) is 3.73. The molecule has 0 heterocycles. The van der Waals surface area contributed by atoms with Crippen molar-refractivity contribution in [3.8, 4) is 0 Å². The van der Waals surface area contributed by atoms with Crippen LogP contribution in [0.5, 0.6) is 0 Å². The van der Waals surface area contributed by atoms with Gasteiger partial charge in [0.05, 0.1) is 0 Å². The van der Waals surface area contributed by atoms with Crippen LogP contribution in [-0.2, 0) is 45.5 Å². The zero-order valence-electron chi connectivity index (χ0n) is 14.7. The number of rotatable bonds is 6. The Morgan fingerprint density at radius 3 is 1.12 bits per heavy atom. The van der Waals surface area contributed by atoms with Crippen LogP contribution in [0.4, 0.5) is 0 Å². The fraction of sp³-hybridized carbons (Fsp3) is 0.333. The normalized spacial score (nSPS) is 13.2. The number of esters is 4. The van der Waals surface area contributed by atoms with E-state index in [2.05, 4.69) is 18.9 Å².